The molecule has 1 aliphatic rings. The summed E-state index contributed by atoms with van der Waals surface area (Å²) in [6.45, 7) is 0. The molecule has 0 aliphatic heterocycles. The van der Waals surface area contributed by atoms with Gasteiger partial charge in [-0.3, -0.25) is 0 Å². The van der Waals surface area contributed by atoms with Gasteiger partial charge >= 0.3 is 0 Å². The van der Waals surface area contributed by atoms with Crippen molar-refractivity contribution in [3.63, 3.8) is 0 Å². The van der Waals surface area contributed by atoms with E-state index in [0.717, 1.165) is 30.0 Å². The first-order valence-corrected chi connectivity index (χ1v) is 7.09. The molecule has 1 atom stereocenters. The summed E-state index contributed by atoms with van der Waals surface area (Å²) in [7, 11) is 0. The Labute approximate surface area is 114 Å². The average Bonchev–Trinajstić information content (AvgIpc) is 2.98. The van der Waals surface area contributed by atoms with Gasteiger partial charge in [-0.25, -0.2) is 13.8 Å². The molecule has 1 aromatic heterocycles. The van der Waals surface area contributed by atoms with Gasteiger partial charge in [0.15, 0.2) is 0 Å². The van der Waals surface area contributed by atoms with E-state index >= 15 is 0 Å². The zero-order valence-corrected chi connectivity index (χ0v) is 11.1. The summed E-state index contributed by atoms with van der Waals surface area (Å²) < 4.78 is 25.4. The van der Waals surface area contributed by atoms with Crippen LogP contribution in [0.2, 0.25) is 0 Å². The zero-order valence-electron chi connectivity index (χ0n) is 10.3. The van der Waals surface area contributed by atoms with Crippen LogP contribution in [-0.2, 0) is 12.8 Å². The number of aromatic nitrogens is 1. The van der Waals surface area contributed by atoms with Crippen LogP contribution in [0.5, 0.6) is 0 Å². The summed E-state index contributed by atoms with van der Waals surface area (Å²) >= 11 is 1.62. The molecule has 100 valence electrons. The van der Waals surface area contributed by atoms with Crippen molar-refractivity contribution in [2.24, 2.45) is 5.73 Å². The number of hydrogen-bond donors (Lipinski definition) is 1. The highest BCUT2D eigenvalue weighted by Gasteiger charge is 2.21. The van der Waals surface area contributed by atoms with Gasteiger partial charge in [0.25, 0.3) is 6.43 Å². The Kier molecular flexibility index (Phi) is 3.33. The number of aryl methyl sites for hydroxylation is 2. The van der Waals surface area contributed by atoms with E-state index in [1.165, 1.54) is 17.0 Å². The Morgan fingerprint density at radius 1 is 1.21 bits per heavy atom. The number of benzene rings is 1. The molecular weight excluding hydrogens is 266 g/mol. The quantitative estimate of drug-likeness (QED) is 0.932. The van der Waals surface area contributed by atoms with Crippen LogP contribution in [0.3, 0.4) is 0 Å². The second-order valence-corrected chi connectivity index (χ2v) is 5.84. The van der Waals surface area contributed by atoms with Gasteiger partial charge < -0.3 is 5.73 Å². The first kappa shape index (κ1) is 12.7. The molecule has 2 N–H and O–H groups in total. The molecule has 1 heterocycles. The van der Waals surface area contributed by atoms with Crippen molar-refractivity contribution in [1.82, 2.24) is 4.98 Å². The molecule has 0 amide bonds. The third-order valence-electron chi connectivity index (χ3n) is 3.40. The number of nitrogens with two attached hydrogens (primary N) is 1. The highest BCUT2D eigenvalue weighted by molar-refractivity contribution is 7.11. The van der Waals surface area contributed by atoms with Crippen LogP contribution in [0.15, 0.2) is 24.3 Å². The Morgan fingerprint density at radius 2 is 2.00 bits per heavy atom. The van der Waals surface area contributed by atoms with E-state index in [1.54, 1.807) is 23.5 Å². The standard InChI is InChI=1S/C14H14F2N2S/c15-13(16)9-4-1-3-8(7-9)12(17)14-18-10-5-2-6-11(10)19-14/h1,3-4,7,12-13H,2,5-6,17H2. The summed E-state index contributed by atoms with van der Waals surface area (Å²) in [6.07, 6.45) is 0.769. The number of thiazole rings is 1. The lowest BCUT2D eigenvalue weighted by Crippen LogP contribution is -2.12. The van der Waals surface area contributed by atoms with Gasteiger partial charge in [-0.15, -0.1) is 11.3 Å². The molecule has 0 saturated carbocycles. The Morgan fingerprint density at radius 3 is 2.74 bits per heavy atom. The normalized spacial score (nSPS) is 15.8. The lowest BCUT2D eigenvalue weighted by Gasteiger charge is -2.10. The van der Waals surface area contributed by atoms with E-state index in [0.29, 0.717) is 5.56 Å². The summed E-state index contributed by atoms with van der Waals surface area (Å²) in [5.74, 6) is 0. The van der Waals surface area contributed by atoms with Crippen molar-refractivity contribution < 1.29 is 8.78 Å². The monoisotopic (exact) mass is 280 g/mol. The van der Waals surface area contributed by atoms with E-state index in [4.69, 9.17) is 5.73 Å². The Hall–Kier alpha value is -1.33. The Bertz CT molecular complexity index is 573. The van der Waals surface area contributed by atoms with E-state index < -0.39 is 12.5 Å². The average molecular weight is 280 g/mol. The zero-order chi connectivity index (χ0) is 13.4. The minimum atomic E-state index is -2.46. The van der Waals surface area contributed by atoms with E-state index in [1.807, 2.05) is 0 Å². The second-order valence-electron chi connectivity index (χ2n) is 4.72. The molecule has 1 unspecified atom stereocenters. The number of alkyl halides is 2. The number of nitrogens with zero attached hydrogens (tertiary/aromatic N) is 1. The minimum Gasteiger partial charge on any atom is -0.318 e. The lowest BCUT2D eigenvalue weighted by molar-refractivity contribution is 0.151. The maximum Gasteiger partial charge on any atom is 0.263 e. The molecule has 1 aliphatic carbocycles. The van der Waals surface area contributed by atoms with Crippen LogP contribution in [-0.4, -0.2) is 4.98 Å². The highest BCUT2D eigenvalue weighted by Crippen LogP contribution is 2.33. The summed E-state index contributed by atoms with van der Waals surface area (Å²) in [5, 5.41) is 0.830. The van der Waals surface area contributed by atoms with Crippen LogP contribution in [0, 0.1) is 0 Å². The van der Waals surface area contributed by atoms with Crippen LogP contribution in [0.4, 0.5) is 8.78 Å². The molecule has 0 saturated heterocycles. The molecule has 0 radical (unpaired) electrons. The van der Waals surface area contributed by atoms with Crippen molar-refractivity contribution in [3.05, 3.63) is 51.0 Å². The summed E-state index contributed by atoms with van der Waals surface area (Å²) in [6, 6.07) is 5.89. The Balaban J connectivity index is 1.90. The van der Waals surface area contributed by atoms with Crippen LogP contribution in [0.25, 0.3) is 0 Å². The maximum absolute atomic E-state index is 12.7. The fraction of sp³-hybridized carbons (Fsp3) is 0.357. The second kappa shape index (κ2) is 4.98. The lowest BCUT2D eigenvalue weighted by atomic mass is 10.1. The third kappa shape index (κ3) is 2.40. The largest absolute Gasteiger partial charge is 0.318 e. The number of fused-ring (bicyclic) bond motifs is 1. The van der Waals surface area contributed by atoms with Crippen molar-refractivity contribution in [2.75, 3.05) is 0 Å². The molecular formula is C14H14F2N2S. The van der Waals surface area contributed by atoms with E-state index in [2.05, 4.69) is 4.98 Å². The number of hydrogen-bond acceptors (Lipinski definition) is 3. The summed E-state index contributed by atoms with van der Waals surface area (Å²) in [4.78, 5) is 5.85. The molecule has 19 heavy (non-hydrogen) atoms. The molecule has 0 fully saturated rings. The predicted octanol–water partition coefficient (Wildman–Crippen LogP) is 3.62. The van der Waals surface area contributed by atoms with Gasteiger partial charge in [0.2, 0.25) is 0 Å². The fourth-order valence-electron chi connectivity index (χ4n) is 2.37. The number of halogens is 2. The van der Waals surface area contributed by atoms with E-state index in [9.17, 15) is 8.78 Å². The van der Waals surface area contributed by atoms with Gasteiger partial charge in [0, 0.05) is 10.4 Å². The first-order chi connectivity index (χ1) is 9.15. The minimum absolute atomic E-state index is 0.0112. The van der Waals surface area contributed by atoms with Crippen molar-refractivity contribution in [3.8, 4) is 0 Å². The van der Waals surface area contributed by atoms with Crippen LogP contribution >= 0.6 is 11.3 Å². The third-order valence-corrected chi connectivity index (χ3v) is 4.64. The molecule has 3 rings (SSSR count). The van der Waals surface area contributed by atoms with Crippen molar-refractivity contribution in [1.29, 1.82) is 0 Å². The first-order valence-electron chi connectivity index (χ1n) is 6.27. The molecule has 0 bridgehead atoms. The SMILES string of the molecule is NC(c1cccc(C(F)F)c1)c1nc2c(s1)CCC2. The molecule has 1 aromatic carbocycles. The smallest absolute Gasteiger partial charge is 0.263 e. The topological polar surface area (TPSA) is 38.9 Å². The molecule has 2 nitrogen and oxygen atoms in total. The molecule has 5 heteroatoms. The van der Waals surface area contributed by atoms with Gasteiger partial charge in [-0.2, -0.15) is 0 Å². The number of rotatable bonds is 3. The maximum atomic E-state index is 12.7. The van der Waals surface area contributed by atoms with Gasteiger partial charge in [-0.1, -0.05) is 18.2 Å². The fourth-order valence-corrected chi connectivity index (χ4v) is 3.56. The van der Waals surface area contributed by atoms with Crippen molar-refractivity contribution in [2.45, 2.75) is 31.7 Å². The highest BCUT2D eigenvalue weighted by atomic mass is 32.1. The van der Waals surface area contributed by atoms with Gasteiger partial charge in [0.05, 0.1) is 11.7 Å². The van der Waals surface area contributed by atoms with Crippen molar-refractivity contribution >= 4 is 11.3 Å². The molecule has 0 spiro atoms. The van der Waals surface area contributed by atoms with Crippen LogP contribution in [0.1, 0.15) is 45.6 Å². The molecule has 2 aromatic rings. The predicted molar refractivity (Wildman–Crippen MR) is 71.6 cm³/mol. The van der Waals surface area contributed by atoms with Gasteiger partial charge in [-0.05, 0) is 30.9 Å². The van der Waals surface area contributed by atoms with Gasteiger partial charge in [0.1, 0.15) is 5.01 Å². The van der Waals surface area contributed by atoms with Crippen LogP contribution < -0.4 is 5.73 Å². The summed E-state index contributed by atoms with van der Waals surface area (Å²) in [5.41, 5.74) is 8.00. The van der Waals surface area contributed by atoms with E-state index in [-0.39, 0.29) is 5.56 Å².